The number of hydrogen-bond acceptors (Lipinski definition) is 3. The first-order valence-corrected chi connectivity index (χ1v) is 6.21. The summed E-state index contributed by atoms with van der Waals surface area (Å²) in [4.78, 5) is 15.6. The molecule has 0 aromatic carbocycles. The SMILES string of the molecule is Cc1cc(NC(=O)NC(C)CCCO)cnc1Cl. The number of carbonyl (C=O) groups excluding carboxylic acids is 1. The van der Waals surface area contributed by atoms with Gasteiger partial charge in [0.05, 0.1) is 11.9 Å². The van der Waals surface area contributed by atoms with Crippen molar-refractivity contribution in [1.29, 1.82) is 0 Å². The van der Waals surface area contributed by atoms with Crippen molar-refractivity contribution in [3.8, 4) is 0 Å². The molecule has 1 atom stereocenters. The van der Waals surface area contributed by atoms with Gasteiger partial charge in [-0.3, -0.25) is 0 Å². The van der Waals surface area contributed by atoms with E-state index in [4.69, 9.17) is 16.7 Å². The maximum absolute atomic E-state index is 11.6. The normalized spacial score (nSPS) is 12.0. The average Bonchev–Trinajstić information content (AvgIpc) is 2.31. The lowest BCUT2D eigenvalue weighted by Gasteiger charge is -2.14. The molecule has 3 N–H and O–H groups in total. The molecular formula is C12H18ClN3O2. The number of carbonyl (C=O) groups is 1. The number of urea groups is 1. The van der Waals surface area contributed by atoms with Gasteiger partial charge in [0.15, 0.2) is 0 Å². The maximum atomic E-state index is 11.6. The molecule has 2 amide bonds. The number of aryl methyl sites for hydroxylation is 1. The summed E-state index contributed by atoms with van der Waals surface area (Å²) >= 11 is 5.80. The van der Waals surface area contributed by atoms with Crippen LogP contribution in [0.2, 0.25) is 5.15 Å². The van der Waals surface area contributed by atoms with E-state index in [-0.39, 0.29) is 18.7 Å². The zero-order valence-corrected chi connectivity index (χ0v) is 11.3. The highest BCUT2D eigenvalue weighted by Gasteiger charge is 2.07. The minimum absolute atomic E-state index is 0.0125. The molecule has 1 rings (SSSR count). The third kappa shape index (κ3) is 4.89. The smallest absolute Gasteiger partial charge is 0.319 e. The topological polar surface area (TPSA) is 74.2 Å². The maximum Gasteiger partial charge on any atom is 0.319 e. The molecule has 6 heteroatoms. The average molecular weight is 272 g/mol. The summed E-state index contributed by atoms with van der Waals surface area (Å²) in [7, 11) is 0. The minimum atomic E-state index is -0.288. The largest absolute Gasteiger partial charge is 0.396 e. The molecule has 18 heavy (non-hydrogen) atoms. The number of rotatable bonds is 5. The van der Waals surface area contributed by atoms with Crippen molar-refractivity contribution in [2.45, 2.75) is 32.7 Å². The Balaban J connectivity index is 2.46. The van der Waals surface area contributed by atoms with E-state index in [1.165, 1.54) is 6.20 Å². The summed E-state index contributed by atoms with van der Waals surface area (Å²) in [5.41, 5.74) is 1.41. The Morgan fingerprint density at radius 2 is 2.33 bits per heavy atom. The van der Waals surface area contributed by atoms with Gasteiger partial charge in [0.2, 0.25) is 0 Å². The van der Waals surface area contributed by atoms with Crippen LogP contribution in [0.3, 0.4) is 0 Å². The Bertz CT molecular complexity index is 412. The second-order valence-electron chi connectivity index (χ2n) is 4.20. The van der Waals surface area contributed by atoms with Crippen LogP contribution in [0.25, 0.3) is 0 Å². The summed E-state index contributed by atoms with van der Waals surface area (Å²) in [6.45, 7) is 3.84. The van der Waals surface area contributed by atoms with Crippen LogP contribution >= 0.6 is 11.6 Å². The van der Waals surface area contributed by atoms with Crippen molar-refractivity contribution in [3.05, 3.63) is 23.0 Å². The number of aromatic nitrogens is 1. The van der Waals surface area contributed by atoms with Gasteiger partial charge in [-0.2, -0.15) is 0 Å². The van der Waals surface area contributed by atoms with E-state index in [9.17, 15) is 4.79 Å². The number of amides is 2. The Morgan fingerprint density at radius 1 is 1.61 bits per heavy atom. The fourth-order valence-electron chi connectivity index (χ4n) is 1.49. The monoisotopic (exact) mass is 271 g/mol. The molecule has 0 bridgehead atoms. The first-order valence-electron chi connectivity index (χ1n) is 5.83. The molecule has 1 heterocycles. The summed E-state index contributed by atoms with van der Waals surface area (Å²) in [5, 5.41) is 14.6. The van der Waals surface area contributed by atoms with Crippen LogP contribution in [-0.2, 0) is 0 Å². The van der Waals surface area contributed by atoms with Crippen molar-refractivity contribution in [1.82, 2.24) is 10.3 Å². The number of anilines is 1. The second-order valence-corrected chi connectivity index (χ2v) is 4.56. The zero-order valence-electron chi connectivity index (χ0n) is 10.5. The number of hydrogen-bond donors (Lipinski definition) is 3. The fourth-order valence-corrected chi connectivity index (χ4v) is 1.59. The predicted octanol–water partition coefficient (Wildman–Crippen LogP) is 2.33. The van der Waals surface area contributed by atoms with E-state index < -0.39 is 0 Å². The molecule has 5 nitrogen and oxygen atoms in total. The zero-order chi connectivity index (χ0) is 13.5. The number of aliphatic hydroxyl groups excluding tert-OH is 1. The van der Waals surface area contributed by atoms with Crippen LogP contribution in [-0.4, -0.2) is 28.8 Å². The number of nitrogens with one attached hydrogen (secondary N) is 2. The van der Waals surface area contributed by atoms with Crippen LogP contribution in [0.15, 0.2) is 12.3 Å². The van der Waals surface area contributed by atoms with E-state index in [0.29, 0.717) is 17.3 Å². The van der Waals surface area contributed by atoms with E-state index >= 15 is 0 Å². The Hall–Kier alpha value is -1.33. The standard InChI is InChI=1S/C12H18ClN3O2/c1-8-6-10(7-14-11(8)13)16-12(18)15-9(2)4-3-5-17/h6-7,9,17H,3-5H2,1-2H3,(H2,15,16,18). The van der Waals surface area contributed by atoms with Gasteiger partial charge in [-0.1, -0.05) is 11.6 Å². The predicted molar refractivity (Wildman–Crippen MR) is 71.9 cm³/mol. The van der Waals surface area contributed by atoms with Crippen molar-refractivity contribution in [2.24, 2.45) is 0 Å². The number of pyridine rings is 1. The molecule has 0 spiro atoms. The fraction of sp³-hybridized carbons (Fsp3) is 0.500. The lowest BCUT2D eigenvalue weighted by molar-refractivity contribution is 0.245. The van der Waals surface area contributed by atoms with Crippen LogP contribution in [0.5, 0.6) is 0 Å². The van der Waals surface area contributed by atoms with Crippen molar-refractivity contribution >= 4 is 23.3 Å². The molecule has 0 radical (unpaired) electrons. The summed E-state index contributed by atoms with van der Waals surface area (Å²) < 4.78 is 0. The molecule has 1 aromatic heterocycles. The van der Waals surface area contributed by atoms with Gasteiger partial charge in [-0.15, -0.1) is 0 Å². The molecule has 0 saturated heterocycles. The van der Waals surface area contributed by atoms with E-state index in [1.54, 1.807) is 6.07 Å². The van der Waals surface area contributed by atoms with Crippen LogP contribution in [0, 0.1) is 6.92 Å². The molecule has 0 fully saturated rings. The summed E-state index contributed by atoms with van der Waals surface area (Å²) in [6, 6.07) is 1.48. The van der Waals surface area contributed by atoms with E-state index in [2.05, 4.69) is 15.6 Å². The number of aliphatic hydroxyl groups is 1. The highest BCUT2D eigenvalue weighted by atomic mass is 35.5. The molecule has 100 valence electrons. The molecule has 1 unspecified atom stereocenters. The lowest BCUT2D eigenvalue weighted by atomic mass is 10.2. The Morgan fingerprint density at radius 3 is 2.94 bits per heavy atom. The van der Waals surface area contributed by atoms with Gasteiger partial charge in [0.25, 0.3) is 0 Å². The third-order valence-corrected chi connectivity index (χ3v) is 2.84. The quantitative estimate of drug-likeness (QED) is 0.720. The highest BCUT2D eigenvalue weighted by Crippen LogP contribution is 2.15. The van der Waals surface area contributed by atoms with Gasteiger partial charge < -0.3 is 15.7 Å². The van der Waals surface area contributed by atoms with Crippen LogP contribution in [0.4, 0.5) is 10.5 Å². The number of nitrogens with zero attached hydrogens (tertiary/aromatic N) is 1. The van der Waals surface area contributed by atoms with Gasteiger partial charge >= 0.3 is 6.03 Å². The minimum Gasteiger partial charge on any atom is -0.396 e. The highest BCUT2D eigenvalue weighted by molar-refractivity contribution is 6.30. The van der Waals surface area contributed by atoms with Crippen LogP contribution < -0.4 is 10.6 Å². The molecule has 0 aliphatic rings. The molecule has 0 saturated carbocycles. The number of halogens is 1. The van der Waals surface area contributed by atoms with Gasteiger partial charge in [-0.05, 0) is 38.3 Å². The summed E-state index contributed by atoms with van der Waals surface area (Å²) in [5.74, 6) is 0. The molecule has 1 aromatic rings. The second kappa shape index (κ2) is 7.18. The van der Waals surface area contributed by atoms with Crippen LogP contribution in [0.1, 0.15) is 25.3 Å². The van der Waals surface area contributed by atoms with Crippen molar-refractivity contribution in [2.75, 3.05) is 11.9 Å². The van der Waals surface area contributed by atoms with Crippen molar-refractivity contribution in [3.63, 3.8) is 0 Å². The van der Waals surface area contributed by atoms with Gasteiger partial charge in [0, 0.05) is 12.6 Å². The molecule has 0 aliphatic carbocycles. The van der Waals surface area contributed by atoms with Crippen molar-refractivity contribution < 1.29 is 9.90 Å². The lowest BCUT2D eigenvalue weighted by Crippen LogP contribution is -2.36. The third-order valence-electron chi connectivity index (χ3n) is 2.45. The molecule has 0 aliphatic heterocycles. The van der Waals surface area contributed by atoms with Gasteiger partial charge in [-0.25, -0.2) is 9.78 Å². The van der Waals surface area contributed by atoms with E-state index in [0.717, 1.165) is 12.0 Å². The summed E-state index contributed by atoms with van der Waals surface area (Å²) in [6.07, 6.45) is 2.91. The first kappa shape index (κ1) is 14.7. The Kier molecular flexibility index (Phi) is 5.88. The van der Waals surface area contributed by atoms with E-state index in [1.807, 2.05) is 13.8 Å². The van der Waals surface area contributed by atoms with Gasteiger partial charge in [0.1, 0.15) is 5.15 Å². The molecular weight excluding hydrogens is 254 g/mol. The first-order chi connectivity index (χ1) is 8.52. The Labute approximate surface area is 112 Å².